The van der Waals surface area contributed by atoms with Crippen molar-refractivity contribution in [1.82, 2.24) is 5.32 Å². The summed E-state index contributed by atoms with van der Waals surface area (Å²) in [7, 11) is 1.66. The zero-order valence-electron chi connectivity index (χ0n) is 18.0. The van der Waals surface area contributed by atoms with Crippen LogP contribution in [0.3, 0.4) is 0 Å². The van der Waals surface area contributed by atoms with Gasteiger partial charge >= 0.3 is 0 Å². The van der Waals surface area contributed by atoms with E-state index in [1.165, 1.54) is 16.0 Å². The van der Waals surface area contributed by atoms with Gasteiger partial charge in [0.25, 0.3) is 5.91 Å². The molecule has 5 nitrogen and oxygen atoms in total. The van der Waals surface area contributed by atoms with Crippen LogP contribution in [0.25, 0.3) is 0 Å². The second-order valence-corrected chi connectivity index (χ2v) is 8.38. The maximum Gasteiger partial charge on any atom is 0.275 e. The lowest BCUT2D eigenvalue weighted by Gasteiger charge is -2.29. The first-order valence-corrected chi connectivity index (χ1v) is 10.7. The fraction of sp³-hybridized carbons (Fsp3) is 0.458. The van der Waals surface area contributed by atoms with Crippen LogP contribution < -0.4 is 19.9 Å². The molecule has 0 radical (unpaired) electrons. The van der Waals surface area contributed by atoms with Gasteiger partial charge in [-0.3, -0.25) is 4.79 Å². The first-order valence-electron chi connectivity index (χ1n) is 10.7. The molecule has 2 aromatic rings. The van der Waals surface area contributed by atoms with E-state index in [9.17, 15) is 4.79 Å². The summed E-state index contributed by atoms with van der Waals surface area (Å²) in [5.74, 6) is 1.52. The first kappa shape index (κ1) is 21.3. The average molecular weight is 398 g/mol. The van der Waals surface area contributed by atoms with Gasteiger partial charge in [0.05, 0.1) is 7.11 Å². The fourth-order valence-electron chi connectivity index (χ4n) is 3.89. The summed E-state index contributed by atoms with van der Waals surface area (Å²) in [5, 5.41) is 3.04. The lowest BCUT2D eigenvalue weighted by molar-refractivity contribution is -1.02. The number of methoxy groups -OCH3 is 1. The molecule has 2 aromatic carbocycles. The lowest BCUT2D eigenvalue weighted by Crippen LogP contribution is -3.28. The molecule has 1 fully saturated rings. The van der Waals surface area contributed by atoms with Gasteiger partial charge in [-0.05, 0) is 29.2 Å². The van der Waals surface area contributed by atoms with Crippen molar-refractivity contribution in [3.63, 3.8) is 0 Å². The third-order valence-electron chi connectivity index (χ3n) is 5.80. The van der Waals surface area contributed by atoms with E-state index in [2.05, 4.69) is 43.4 Å². The largest absolute Gasteiger partial charge is 0.497 e. The van der Waals surface area contributed by atoms with Gasteiger partial charge in [0.15, 0.2) is 6.54 Å². The molecule has 0 saturated carbocycles. The van der Waals surface area contributed by atoms with Crippen LogP contribution in [0, 0.1) is 0 Å². The highest BCUT2D eigenvalue weighted by atomic mass is 16.5. The Morgan fingerprint density at radius 1 is 1.00 bits per heavy atom. The average Bonchev–Trinajstić information content (AvgIpc) is 2.74. The molecule has 1 heterocycles. The highest BCUT2D eigenvalue weighted by Crippen LogP contribution is 2.14. The Kier molecular flexibility index (Phi) is 7.67. The van der Waals surface area contributed by atoms with Crippen molar-refractivity contribution in [3.05, 3.63) is 65.2 Å². The standard InChI is InChI=1S/C24H33N3O2/c1-19(2)22-9-7-20(8-10-22)17-26-11-13-27(14-12-26)18-24(28)25-16-21-5-4-6-23(15-21)29-3/h4-10,15,19H,11-14,16-18H2,1-3H3,(H,25,28)/p+2. The number of hydrogen-bond donors (Lipinski definition) is 3. The Morgan fingerprint density at radius 3 is 2.34 bits per heavy atom. The quantitative estimate of drug-likeness (QED) is 0.605. The molecule has 0 aliphatic carbocycles. The summed E-state index contributed by atoms with van der Waals surface area (Å²) in [4.78, 5) is 15.3. The van der Waals surface area contributed by atoms with Gasteiger partial charge in [-0.1, -0.05) is 50.2 Å². The van der Waals surface area contributed by atoms with E-state index in [0.29, 0.717) is 19.0 Å². The first-order chi connectivity index (χ1) is 14.0. The molecule has 1 saturated heterocycles. The number of piperazine rings is 1. The normalized spacial score (nSPS) is 19.2. The second kappa shape index (κ2) is 10.4. The molecule has 29 heavy (non-hydrogen) atoms. The van der Waals surface area contributed by atoms with Crippen LogP contribution in [0.4, 0.5) is 0 Å². The molecule has 1 amide bonds. The van der Waals surface area contributed by atoms with E-state index in [1.54, 1.807) is 12.0 Å². The van der Waals surface area contributed by atoms with Crippen LogP contribution in [0.1, 0.15) is 36.5 Å². The smallest absolute Gasteiger partial charge is 0.275 e. The number of carbonyl (C=O) groups is 1. The Bertz CT molecular complexity index is 781. The summed E-state index contributed by atoms with van der Waals surface area (Å²) in [6.07, 6.45) is 0. The van der Waals surface area contributed by atoms with Crippen LogP contribution >= 0.6 is 0 Å². The summed E-state index contributed by atoms with van der Waals surface area (Å²) in [6, 6.07) is 16.9. The van der Waals surface area contributed by atoms with Crippen molar-refractivity contribution >= 4 is 5.91 Å². The molecular weight excluding hydrogens is 362 g/mol. The van der Waals surface area contributed by atoms with Crippen molar-refractivity contribution in [2.75, 3.05) is 39.8 Å². The number of quaternary nitrogens is 2. The minimum Gasteiger partial charge on any atom is -0.497 e. The van der Waals surface area contributed by atoms with E-state index in [0.717, 1.165) is 44.0 Å². The molecule has 0 atom stereocenters. The fourth-order valence-corrected chi connectivity index (χ4v) is 3.89. The molecule has 3 N–H and O–H groups in total. The van der Waals surface area contributed by atoms with Crippen molar-refractivity contribution in [1.29, 1.82) is 0 Å². The third kappa shape index (κ3) is 6.58. The van der Waals surface area contributed by atoms with E-state index >= 15 is 0 Å². The maximum absolute atomic E-state index is 12.3. The number of carbonyl (C=O) groups excluding carboxylic acids is 1. The predicted molar refractivity (Wildman–Crippen MR) is 115 cm³/mol. The molecule has 3 rings (SSSR count). The molecule has 0 bridgehead atoms. The van der Waals surface area contributed by atoms with Gasteiger partial charge in [0, 0.05) is 12.1 Å². The number of benzene rings is 2. The SMILES string of the molecule is COc1cccc(CNC(=O)C[NH+]2CC[NH+](Cc3ccc(C(C)C)cc3)CC2)c1. The number of ether oxygens (including phenoxy) is 1. The molecule has 0 spiro atoms. The summed E-state index contributed by atoms with van der Waals surface area (Å²) < 4.78 is 5.23. The van der Waals surface area contributed by atoms with Crippen molar-refractivity contribution in [3.8, 4) is 5.75 Å². The zero-order chi connectivity index (χ0) is 20.6. The predicted octanol–water partition coefficient (Wildman–Crippen LogP) is 0.418. The molecule has 5 heteroatoms. The minimum atomic E-state index is 0.121. The highest BCUT2D eigenvalue weighted by Gasteiger charge is 2.24. The summed E-state index contributed by atoms with van der Waals surface area (Å²) >= 11 is 0. The third-order valence-corrected chi connectivity index (χ3v) is 5.80. The summed E-state index contributed by atoms with van der Waals surface area (Å²) in [6.45, 7) is 11.0. The van der Waals surface area contributed by atoms with Gasteiger partial charge in [-0.25, -0.2) is 0 Å². The minimum absolute atomic E-state index is 0.121. The Balaban J connectivity index is 1.38. The van der Waals surface area contributed by atoms with Gasteiger partial charge < -0.3 is 19.9 Å². The number of rotatable bonds is 8. The van der Waals surface area contributed by atoms with E-state index in [-0.39, 0.29) is 5.91 Å². The topological polar surface area (TPSA) is 47.2 Å². The number of amides is 1. The van der Waals surface area contributed by atoms with Crippen molar-refractivity contribution in [2.24, 2.45) is 0 Å². The zero-order valence-corrected chi connectivity index (χ0v) is 18.0. The summed E-state index contributed by atoms with van der Waals surface area (Å²) in [5.41, 5.74) is 3.87. The molecule has 0 aromatic heterocycles. The van der Waals surface area contributed by atoms with Gasteiger partial charge in [0.2, 0.25) is 0 Å². The number of nitrogens with one attached hydrogen (secondary N) is 3. The van der Waals surface area contributed by atoms with Gasteiger partial charge in [-0.2, -0.15) is 0 Å². The monoisotopic (exact) mass is 397 g/mol. The highest BCUT2D eigenvalue weighted by molar-refractivity contribution is 5.76. The van der Waals surface area contributed by atoms with Gasteiger partial charge in [0.1, 0.15) is 38.5 Å². The Morgan fingerprint density at radius 2 is 1.69 bits per heavy atom. The maximum atomic E-state index is 12.3. The van der Waals surface area contributed by atoms with Crippen molar-refractivity contribution < 1.29 is 19.3 Å². The van der Waals surface area contributed by atoms with E-state index in [4.69, 9.17) is 4.74 Å². The molecular formula is C24H35N3O2+2. The molecule has 156 valence electrons. The number of hydrogen-bond acceptors (Lipinski definition) is 2. The molecule has 0 unspecified atom stereocenters. The van der Waals surface area contributed by atoms with E-state index in [1.807, 2.05) is 24.3 Å². The van der Waals surface area contributed by atoms with Crippen LogP contribution in [0.15, 0.2) is 48.5 Å². The van der Waals surface area contributed by atoms with E-state index < -0.39 is 0 Å². The molecule has 1 aliphatic heterocycles. The second-order valence-electron chi connectivity index (χ2n) is 8.38. The van der Waals surface area contributed by atoms with Crippen LogP contribution in [0.5, 0.6) is 5.75 Å². The Hall–Kier alpha value is -2.37. The van der Waals surface area contributed by atoms with Crippen LogP contribution in [0.2, 0.25) is 0 Å². The van der Waals surface area contributed by atoms with Crippen molar-refractivity contribution in [2.45, 2.75) is 32.9 Å². The van der Waals surface area contributed by atoms with Gasteiger partial charge in [-0.15, -0.1) is 0 Å². The lowest BCUT2D eigenvalue weighted by atomic mass is 10.0. The molecule has 1 aliphatic rings. The van der Waals surface area contributed by atoms with Crippen LogP contribution in [-0.4, -0.2) is 45.7 Å². The Labute approximate surface area is 174 Å². The van der Waals surface area contributed by atoms with Crippen LogP contribution in [-0.2, 0) is 17.9 Å².